The first kappa shape index (κ1) is 21.6. The van der Waals surface area contributed by atoms with E-state index in [9.17, 15) is 27.4 Å². The Bertz CT molecular complexity index is 785. The zero-order chi connectivity index (χ0) is 18.1. The molecule has 1 fully saturated rings. The van der Waals surface area contributed by atoms with Gasteiger partial charge in [-0.25, -0.2) is 12.7 Å². The maximum absolute atomic E-state index is 12.1. The van der Waals surface area contributed by atoms with Crippen LogP contribution in [0.15, 0.2) is 30.3 Å². The van der Waals surface area contributed by atoms with Gasteiger partial charge in [0.15, 0.2) is 22.0 Å². The molecular weight excluding hydrogens is 361 g/mol. The van der Waals surface area contributed by atoms with E-state index in [1.807, 2.05) is 0 Å². The number of rotatable bonds is 5. The molecule has 2 rings (SSSR count). The zero-order valence-corrected chi connectivity index (χ0v) is 16.8. The van der Waals surface area contributed by atoms with Crippen LogP contribution in [0, 0.1) is 0 Å². The van der Waals surface area contributed by atoms with E-state index in [-0.39, 0.29) is 40.3 Å². The Hall–Kier alpha value is -1.46. The number of nitrogens with one attached hydrogen (secondary N) is 2. The van der Waals surface area contributed by atoms with E-state index in [0.29, 0.717) is 5.56 Å². The van der Waals surface area contributed by atoms with Gasteiger partial charge in [-0.05, 0) is 12.5 Å². The van der Waals surface area contributed by atoms with E-state index in [1.54, 1.807) is 30.3 Å². The molecule has 25 heavy (non-hydrogen) atoms. The van der Waals surface area contributed by atoms with Crippen LogP contribution in [0.25, 0.3) is 0 Å². The molecule has 0 unspecified atom stereocenters. The molecule has 0 aromatic heterocycles. The van der Waals surface area contributed by atoms with Crippen molar-refractivity contribution >= 4 is 28.0 Å². The number of hydrogen-bond acceptors (Lipinski definition) is 6. The van der Waals surface area contributed by atoms with Gasteiger partial charge >= 0.3 is 29.6 Å². The Morgan fingerprint density at radius 2 is 1.84 bits per heavy atom. The maximum Gasteiger partial charge on any atom is 1.00 e. The van der Waals surface area contributed by atoms with Gasteiger partial charge in [-0.3, -0.25) is 14.4 Å². The van der Waals surface area contributed by atoms with E-state index < -0.39 is 39.7 Å². The summed E-state index contributed by atoms with van der Waals surface area (Å²) in [6.07, 6.45) is -1.51. The zero-order valence-electron chi connectivity index (χ0n) is 14.0. The number of β-lactam (4-membered cyclic amide) rings is 1. The van der Waals surface area contributed by atoms with Crippen molar-refractivity contribution in [1.82, 2.24) is 14.9 Å². The fraction of sp³-hybridized carbons (Fsp3) is 0.357. The Morgan fingerprint density at radius 3 is 2.32 bits per heavy atom. The Morgan fingerprint density at radius 1 is 1.28 bits per heavy atom. The predicted octanol–water partition coefficient (Wildman–Crippen LogP) is -4.13. The second-order valence-electron chi connectivity index (χ2n) is 5.57. The third-order valence-corrected chi connectivity index (χ3v) is 4.47. The molecule has 0 radical (unpaired) electrons. The molecule has 0 bridgehead atoms. The number of benzene rings is 1. The van der Waals surface area contributed by atoms with Gasteiger partial charge in [0, 0.05) is 6.92 Å². The topological polar surface area (TPSA) is 136 Å². The standard InChI is InChI=1S/C14H17N3O6S.Na/c1-9(18)15-12-14(2,13(20)17(12)24(21,22)23)16-11(19)8-10-6-4-3-5-7-10;/h3-7,12H,8H2,1-2H3,(H,15,18)(H,16,19)(H,21,22,23);/q;+1/p-1/t12-,14-;/m1./s1. The Balaban J connectivity index is 0.00000312. The summed E-state index contributed by atoms with van der Waals surface area (Å²) in [6, 6.07) is 8.69. The van der Waals surface area contributed by atoms with Crippen molar-refractivity contribution in [3.63, 3.8) is 0 Å². The summed E-state index contributed by atoms with van der Waals surface area (Å²) in [5.74, 6) is -2.29. The largest absolute Gasteiger partial charge is 1.00 e. The molecular formula is C14H16N3NaO6S. The van der Waals surface area contributed by atoms with Crippen molar-refractivity contribution in [3.8, 4) is 0 Å². The quantitative estimate of drug-likeness (QED) is 0.304. The van der Waals surface area contributed by atoms with E-state index in [2.05, 4.69) is 10.6 Å². The first-order valence-corrected chi connectivity index (χ1v) is 8.34. The summed E-state index contributed by atoms with van der Waals surface area (Å²) in [5.41, 5.74) is -1.02. The van der Waals surface area contributed by atoms with Crippen LogP contribution in [-0.4, -0.2) is 46.7 Å². The third kappa shape index (κ3) is 4.59. The molecule has 1 saturated heterocycles. The molecule has 9 nitrogen and oxygen atoms in total. The molecule has 2 N–H and O–H groups in total. The van der Waals surface area contributed by atoms with Gasteiger partial charge in [0.05, 0.1) is 6.42 Å². The second kappa shape index (κ2) is 7.83. The first-order valence-electron chi connectivity index (χ1n) is 6.97. The molecule has 1 aliphatic heterocycles. The molecule has 1 heterocycles. The van der Waals surface area contributed by atoms with Gasteiger partial charge in [-0.1, -0.05) is 30.3 Å². The van der Waals surface area contributed by atoms with Crippen molar-refractivity contribution in [1.29, 1.82) is 0 Å². The molecule has 11 heteroatoms. The van der Waals surface area contributed by atoms with E-state index in [0.717, 1.165) is 6.92 Å². The predicted molar refractivity (Wildman–Crippen MR) is 80.8 cm³/mol. The Labute approximate surface area is 167 Å². The van der Waals surface area contributed by atoms with Gasteiger partial charge in [0.2, 0.25) is 11.8 Å². The van der Waals surface area contributed by atoms with Gasteiger partial charge in [-0.2, -0.15) is 0 Å². The molecule has 1 aromatic carbocycles. The van der Waals surface area contributed by atoms with Crippen LogP contribution in [0.2, 0.25) is 0 Å². The number of carbonyl (C=O) groups excluding carboxylic acids is 3. The molecule has 0 spiro atoms. The summed E-state index contributed by atoms with van der Waals surface area (Å²) in [4.78, 5) is 35.5. The van der Waals surface area contributed by atoms with E-state index in [4.69, 9.17) is 0 Å². The van der Waals surface area contributed by atoms with Gasteiger partial charge < -0.3 is 15.2 Å². The third-order valence-electron chi connectivity index (χ3n) is 3.61. The van der Waals surface area contributed by atoms with Crippen LogP contribution >= 0.6 is 0 Å². The molecule has 0 saturated carbocycles. The second-order valence-corrected chi connectivity index (χ2v) is 6.82. The Kier molecular flexibility index (Phi) is 6.76. The van der Waals surface area contributed by atoms with Gasteiger partial charge in [0.1, 0.15) is 0 Å². The minimum absolute atomic E-state index is 0. The summed E-state index contributed by atoms with van der Waals surface area (Å²) in [5, 5.41) is 4.60. The van der Waals surface area contributed by atoms with Crippen molar-refractivity contribution in [2.45, 2.75) is 32.0 Å². The van der Waals surface area contributed by atoms with Crippen LogP contribution in [0.5, 0.6) is 0 Å². The van der Waals surface area contributed by atoms with Crippen LogP contribution < -0.4 is 40.2 Å². The van der Waals surface area contributed by atoms with Crippen LogP contribution in [0.1, 0.15) is 19.4 Å². The summed E-state index contributed by atoms with van der Waals surface area (Å²) in [7, 11) is -5.11. The van der Waals surface area contributed by atoms with E-state index >= 15 is 0 Å². The van der Waals surface area contributed by atoms with Gasteiger partial charge in [0.25, 0.3) is 5.91 Å². The monoisotopic (exact) mass is 377 g/mol. The average Bonchev–Trinajstić information content (AvgIpc) is 2.45. The molecule has 2 atom stereocenters. The molecule has 1 aliphatic rings. The smallest absolute Gasteiger partial charge is 0.731 e. The minimum atomic E-state index is -5.11. The van der Waals surface area contributed by atoms with Crippen LogP contribution in [-0.2, 0) is 31.1 Å². The average molecular weight is 377 g/mol. The molecule has 130 valence electrons. The van der Waals surface area contributed by atoms with Crippen molar-refractivity contribution in [2.75, 3.05) is 0 Å². The molecule has 1 aromatic rings. The molecule has 3 amide bonds. The fourth-order valence-electron chi connectivity index (χ4n) is 2.49. The van der Waals surface area contributed by atoms with Crippen molar-refractivity contribution < 1.29 is 56.9 Å². The number of hydrogen-bond donors (Lipinski definition) is 2. The fourth-order valence-corrected chi connectivity index (χ4v) is 3.41. The normalized spacial score (nSPS) is 22.4. The number of amides is 3. The molecule has 0 aliphatic carbocycles. The van der Waals surface area contributed by atoms with Crippen LogP contribution in [0.4, 0.5) is 0 Å². The summed E-state index contributed by atoms with van der Waals surface area (Å²) < 4.78 is 33.5. The van der Waals surface area contributed by atoms with Crippen LogP contribution in [0.3, 0.4) is 0 Å². The van der Waals surface area contributed by atoms with E-state index in [1.165, 1.54) is 6.92 Å². The van der Waals surface area contributed by atoms with Gasteiger partial charge in [-0.15, -0.1) is 0 Å². The maximum atomic E-state index is 12.1. The summed E-state index contributed by atoms with van der Waals surface area (Å²) in [6.45, 7) is 2.35. The number of nitrogens with zero attached hydrogens (tertiary/aromatic N) is 1. The first-order chi connectivity index (χ1) is 11.1. The minimum Gasteiger partial charge on any atom is -0.731 e. The van der Waals surface area contributed by atoms with Crippen molar-refractivity contribution in [3.05, 3.63) is 35.9 Å². The SMILES string of the molecule is CC(=O)N[C@@H]1N(S(=O)(=O)[O-])C(=O)[C@]1(C)NC(=O)Cc1ccccc1.[Na+]. The number of carbonyl (C=O) groups is 3. The summed E-state index contributed by atoms with van der Waals surface area (Å²) >= 11 is 0. The van der Waals surface area contributed by atoms with Crippen molar-refractivity contribution in [2.24, 2.45) is 0 Å².